The zero-order chi connectivity index (χ0) is 37.1. The molecule has 1 saturated heterocycles. The minimum absolute atomic E-state index is 0.112. The summed E-state index contributed by atoms with van der Waals surface area (Å²) in [7, 11) is 1.98. The summed E-state index contributed by atoms with van der Waals surface area (Å²) in [6.45, 7) is 11.8. The van der Waals surface area contributed by atoms with E-state index < -0.39 is 0 Å². The lowest BCUT2D eigenvalue weighted by molar-refractivity contribution is -0.476. The highest BCUT2D eigenvalue weighted by Crippen LogP contribution is 2.36. The predicted octanol–water partition coefficient (Wildman–Crippen LogP) is 7.96. The Hall–Kier alpha value is -6.32. The lowest BCUT2D eigenvalue weighted by atomic mass is 10.0. The minimum atomic E-state index is -0.355. The molecule has 0 radical (unpaired) electrons. The molecule has 1 aliphatic rings. The lowest BCUT2D eigenvalue weighted by Crippen LogP contribution is -2.71. The first-order valence-electron chi connectivity index (χ1n) is 17.9. The van der Waals surface area contributed by atoms with Gasteiger partial charge in [-0.2, -0.15) is 0 Å². The molecule has 264 valence electrons. The van der Waals surface area contributed by atoms with Crippen molar-refractivity contribution < 1.29 is 19.3 Å². The fraction of sp³-hybridized carbons (Fsp3) is 0.182. The van der Waals surface area contributed by atoms with E-state index in [-0.39, 0.29) is 17.2 Å². The van der Waals surface area contributed by atoms with Crippen LogP contribution in [0.4, 0.5) is 22.7 Å². The van der Waals surface area contributed by atoms with Gasteiger partial charge in [0, 0.05) is 77.5 Å². The summed E-state index contributed by atoms with van der Waals surface area (Å²) in [5.41, 5.74) is 10.3. The molecule has 0 spiro atoms. The topological polar surface area (TPSA) is 105 Å². The summed E-state index contributed by atoms with van der Waals surface area (Å²) in [6, 6.07) is 28.4. The molecule has 2 amide bonds. The number of carbonyl (C=O) groups is 2. The molecule has 0 saturated carbocycles. The van der Waals surface area contributed by atoms with Crippen molar-refractivity contribution in [1.29, 1.82) is 0 Å². The lowest BCUT2D eigenvalue weighted by Gasteiger charge is -2.21. The normalized spacial score (nSPS) is 14.2. The molecule has 9 nitrogen and oxygen atoms in total. The van der Waals surface area contributed by atoms with Crippen molar-refractivity contribution in [2.75, 3.05) is 22.9 Å². The number of quaternary nitrogens is 1. The number of hydrogen-bond donors (Lipinski definition) is 1. The summed E-state index contributed by atoms with van der Waals surface area (Å²) < 4.78 is 8.54. The quantitative estimate of drug-likeness (QED) is 0.0594. The average Bonchev–Trinajstić information content (AvgIpc) is 3.55. The molecule has 1 aliphatic heterocycles. The van der Waals surface area contributed by atoms with Crippen LogP contribution in [0.2, 0.25) is 0 Å². The van der Waals surface area contributed by atoms with Crippen LogP contribution >= 0.6 is 0 Å². The van der Waals surface area contributed by atoms with Gasteiger partial charge in [0.25, 0.3) is 11.8 Å². The number of aryl methyl sites for hydroxylation is 2. The van der Waals surface area contributed by atoms with Crippen LogP contribution < -0.4 is 20.5 Å². The molecule has 2 N–H and O–H groups in total. The van der Waals surface area contributed by atoms with Gasteiger partial charge in [0.2, 0.25) is 0 Å². The van der Waals surface area contributed by atoms with Crippen LogP contribution in [-0.4, -0.2) is 34.5 Å². The van der Waals surface area contributed by atoms with Gasteiger partial charge in [-0.05, 0) is 94.8 Å². The Kier molecular flexibility index (Phi) is 8.31. The maximum Gasteiger partial charge on any atom is 0.266 e. The van der Waals surface area contributed by atoms with Gasteiger partial charge < -0.3 is 13.9 Å². The number of rotatable bonds is 7. The Balaban J connectivity index is 1.15. The monoisotopic (exact) mass is 702 g/mol. The molecule has 0 unspecified atom stereocenters. The number of carbonyl (C=O) groups excluding carboxylic acids is 2. The SMILES string of the molecule is CCN(CC)c1ccc2nc3c(cc([NH2+]c4ccc(N5C(=O)C(=C(C)C)/C(=C/c6c(C)c7ccccc7n6C)C5=O)cc4)c4ccc(=O)cc43)oc2c1. The number of amides is 2. The van der Waals surface area contributed by atoms with E-state index in [2.05, 4.69) is 35.4 Å². The van der Waals surface area contributed by atoms with Gasteiger partial charge in [-0.25, -0.2) is 9.88 Å². The molecular weight excluding hydrogens is 663 g/mol. The van der Waals surface area contributed by atoms with Crippen molar-refractivity contribution in [3.63, 3.8) is 0 Å². The standard InChI is InChI=1S/C44H39N5O4/c1-7-48(8-2)29-17-20-35-39(21-29)53-40-24-36(32-19-18-30(50)22-33(32)42(40)46-35)45-27-13-15-28(16-14-27)49-43(51)34(41(25(3)4)44(49)52)23-38-26(5)31-11-9-10-12-37(31)47(38)6/h9-24,45H,7-8H2,1-6H3/p+1/b34-23-. The van der Waals surface area contributed by atoms with Gasteiger partial charge in [0.1, 0.15) is 22.4 Å². The maximum absolute atomic E-state index is 14.1. The zero-order valence-electron chi connectivity index (χ0n) is 30.7. The van der Waals surface area contributed by atoms with Crippen LogP contribution in [-0.2, 0) is 16.6 Å². The molecule has 0 bridgehead atoms. The van der Waals surface area contributed by atoms with E-state index in [0.717, 1.165) is 63.3 Å². The second-order valence-electron chi connectivity index (χ2n) is 13.8. The maximum atomic E-state index is 14.1. The predicted molar refractivity (Wildman–Crippen MR) is 213 cm³/mol. The molecule has 5 aromatic carbocycles. The van der Waals surface area contributed by atoms with E-state index in [9.17, 15) is 14.4 Å². The number of nitrogens with two attached hydrogens (primary N) is 1. The molecule has 0 atom stereocenters. The van der Waals surface area contributed by atoms with Crippen LogP contribution in [0.1, 0.15) is 39.0 Å². The molecule has 7 aromatic rings. The second-order valence-corrected chi connectivity index (χ2v) is 13.8. The van der Waals surface area contributed by atoms with E-state index in [1.807, 2.05) is 93.8 Å². The summed E-state index contributed by atoms with van der Waals surface area (Å²) in [6.07, 6.45) is 1.85. The number of nitrogens with zero attached hydrogens (tertiary/aromatic N) is 4. The van der Waals surface area contributed by atoms with Gasteiger partial charge >= 0.3 is 0 Å². The van der Waals surface area contributed by atoms with E-state index in [1.165, 1.54) is 4.90 Å². The van der Waals surface area contributed by atoms with E-state index in [1.54, 1.807) is 24.3 Å². The number of para-hydroxylation sites is 1. The van der Waals surface area contributed by atoms with Gasteiger partial charge in [-0.1, -0.05) is 23.8 Å². The molecule has 0 aliphatic carbocycles. The Morgan fingerprint density at radius 3 is 2.30 bits per heavy atom. The van der Waals surface area contributed by atoms with Crippen LogP contribution in [0.3, 0.4) is 0 Å². The van der Waals surface area contributed by atoms with Crippen molar-refractivity contribution in [3.8, 4) is 0 Å². The first-order chi connectivity index (χ1) is 25.6. The third kappa shape index (κ3) is 5.61. The van der Waals surface area contributed by atoms with E-state index >= 15 is 0 Å². The Bertz CT molecular complexity index is 2740. The van der Waals surface area contributed by atoms with E-state index in [0.29, 0.717) is 44.4 Å². The summed E-state index contributed by atoms with van der Waals surface area (Å²) >= 11 is 0. The Morgan fingerprint density at radius 1 is 0.830 bits per heavy atom. The second kappa shape index (κ2) is 13.0. The number of benzene rings is 5. The molecular formula is C44H40N5O4+. The summed E-state index contributed by atoms with van der Waals surface area (Å²) in [5.74, 6) is -0.694. The minimum Gasteiger partial charge on any atom is -0.452 e. The number of hydrogen-bond acceptors (Lipinski definition) is 6. The highest BCUT2D eigenvalue weighted by molar-refractivity contribution is 6.38. The number of fused-ring (bicyclic) bond motifs is 5. The van der Waals surface area contributed by atoms with Gasteiger partial charge in [0.15, 0.2) is 16.6 Å². The van der Waals surface area contributed by atoms with Crippen LogP contribution in [0.25, 0.3) is 50.0 Å². The first kappa shape index (κ1) is 33.8. The molecule has 9 heteroatoms. The van der Waals surface area contributed by atoms with Crippen molar-refractivity contribution in [2.45, 2.75) is 34.6 Å². The smallest absolute Gasteiger partial charge is 0.266 e. The molecule has 2 aromatic heterocycles. The average molecular weight is 703 g/mol. The van der Waals surface area contributed by atoms with Crippen LogP contribution in [0, 0.1) is 6.92 Å². The van der Waals surface area contributed by atoms with Gasteiger partial charge in [0.05, 0.1) is 16.8 Å². The fourth-order valence-corrected chi connectivity index (χ4v) is 7.65. The molecule has 8 rings (SSSR count). The van der Waals surface area contributed by atoms with Crippen molar-refractivity contribution in [2.24, 2.45) is 7.05 Å². The van der Waals surface area contributed by atoms with E-state index in [4.69, 9.17) is 9.40 Å². The Labute approximate surface area is 306 Å². The number of aromatic nitrogens is 2. The van der Waals surface area contributed by atoms with Crippen molar-refractivity contribution >= 4 is 84.5 Å². The molecule has 3 heterocycles. The third-order valence-electron chi connectivity index (χ3n) is 10.4. The zero-order valence-corrected chi connectivity index (χ0v) is 30.7. The fourth-order valence-electron chi connectivity index (χ4n) is 7.65. The van der Waals surface area contributed by atoms with Gasteiger partial charge in [-0.3, -0.25) is 19.7 Å². The number of anilines is 2. The summed E-state index contributed by atoms with van der Waals surface area (Å²) in [4.78, 5) is 49.0. The van der Waals surface area contributed by atoms with Gasteiger partial charge in [-0.15, -0.1) is 0 Å². The summed E-state index contributed by atoms with van der Waals surface area (Å²) in [5, 5.41) is 4.68. The molecule has 1 fully saturated rings. The molecule has 53 heavy (non-hydrogen) atoms. The van der Waals surface area contributed by atoms with Crippen LogP contribution in [0.5, 0.6) is 0 Å². The largest absolute Gasteiger partial charge is 0.452 e. The highest BCUT2D eigenvalue weighted by atomic mass is 16.3. The highest BCUT2D eigenvalue weighted by Gasteiger charge is 2.40. The van der Waals surface area contributed by atoms with Crippen molar-refractivity contribution in [1.82, 2.24) is 9.55 Å². The number of imide groups is 1. The first-order valence-corrected chi connectivity index (χ1v) is 17.9. The Morgan fingerprint density at radius 2 is 1.58 bits per heavy atom. The van der Waals surface area contributed by atoms with Crippen molar-refractivity contribution in [3.05, 3.63) is 129 Å². The van der Waals surface area contributed by atoms with Crippen LogP contribution in [0.15, 0.2) is 117 Å². The third-order valence-corrected chi connectivity index (χ3v) is 10.4. The number of allylic oxidation sites excluding steroid dienone is 1.